The van der Waals surface area contributed by atoms with Crippen molar-refractivity contribution in [3.8, 4) is 5.75 Å². The molecule has 31 heavy (non-hydrogen) atoms. The van der Waals surface area contributed by atoms with Crippen LogP contribution in [0.5, 0.6) is 5.75 Å². The smallest absolute Gasteiger partial charge is 0.338 e. The highest BCUT2D eigenvalue weighted by molar-refractivity contribution is 7.91. The van der Waals surface area contributed by atoms with Crippen molar-refractivity contribution in [1.82, 2.24) is 10.6 Å². The van der Waals surface area contributed by atoms with E-state index in [0.717, 1.165) is 5.56 Å². The third-order valence-electron chi connectivity index (χ3n) is 4.79. The molecular formula is C21H21ClN2O6S. The van der Waals surface area contributed by atoms with Gasteiger partial charge in [0.15, 0.2) is 9.84 Å². The summed E-state index contributed by atoms with van der Waals surface area (Å²) in [6.07, 6.45) is 0. The minimum Gasteiger partial charge on any atom is -0.495 e. The molecule has 164 valence electrons. The number of methoxy groups -OCH3 is 2. The van der Waals surface area contributed by atoms with Crippen LogP contribution in [0.15, 0.2) is 58.6 Å². The van der Waals surface area contributed by atoms with Crippen LogP contribution in [0.3, 0.4) is 0 Å². The van der Waals surface area contributed by atoms with Crippen molar-refractivity contribution in [2.24, 2.45) is 0 Å². The van der Waals surface area contributed by atoms with Gasteiger partial charge in [0.05, 0.1) is 41.5 Å². The Labute approximate surface area is 185 Å². The van der Waals surface area contributed by atoms with Crippen LogP contribution in [-0.4, -0.2) is 40.4 Å². The van der Waals surface area contributed by atoms with E-state index in [-0.39, 0.29) is 21.2 Å². The van der Waals surface area contributed by atoms with Gasteiger partial charge < -0.3 is 20.1 Å². The van der Waals surface area contributed by atoms with Gasteiger partial charge in [0, 0.05) is 5.70 Å². The predicted octanol–water partition coefficient (Wildman–Crippen LogP) is 2.91. The quantitative estimate of drug-likeness (QED) is 0.636. The normalized spacial score (nSPS) is 16.4. The topological polar surface area (TPSA) is 111 Å². The zero-order valence-electron chi connectivity index (χ0n) is 17.1. The molecule has 2 N–H and O–H groups in total. The fourth-order valence-corrected chi connectivity index (χ4v) is 4.88. The molecule has 0 fully saturated rings. The Kier molecular flexibility index (Phi) is 6.56. The highest BCUT2D eigenvalue weighted by atomic mass is 35.5. The minimum absolute atomic E-state index is 0.00846. The Morgan fingerprint density at radius 3 is 2.39 bits per heavy atom. The summed E-state index contributed by atoms with van der Waals surface area (Å²) in [6, 6.07) is 9.70. The maximum absolute atomic E-state index is 13.0. The first kappa shape index (κ1) is 22.6. The van der Waals surface area contributed by atoms with E-state index in [4.69, 9.17) is 21.1 Å². The molecule has 0 bridgehead atoms. The molecule has 0 radical (unpaired) electrons. The minimum atomic E-state index is -3.97. The van der Waals surface area contributed by atoms with Gasteiger partial charge in [0.2, 0.25) is 0 Å². The van der Waals surface area contributed by atoms with E-state index in [0.29, 0.717) is 11.3 Å². The third kappa shape index (κ3) is 4.83. The average molecular weight is 465 g/mol. The number of sulfone groups is 1. The Bertz CT molecular complexity index is 1160. The lowest BCUT2D eigenvalue weighted by Gasteiger charge is -2.29. The number of halogens is 1. The second-order valence-electron chi connectivity index (χ2n) is 6.88. The average Bonchev–Trinajstić information content (AvgIpc) is 2.73. The number of rotatable bonds is 6. The molecule has 1 heterocycles. The van der Waals surface area contributed by atoms with Crippen molar-refractivity contribution >= 4 is 33.4 Å². The summed E-state index contributed by atoms with van der Waals surface area (Å²) in [5.41, 5.74) is 1.55. The summed E-state index contributed by atoms with van der Waals surface area (Å²) in [6.45, 7) is 1.90. The van der Waals surface area contributed by atoms with Crippen molar-refractivity contribution in [3.05, 3.63) is 69.9 Å². The monoisotopic (exact) mass is 464 g/mol. The number of esters is 1. The van der Waals surface area contributed by atoms with Crippen LogP contribution in [0.2, 0.25) is 5.02 Å². The fourth-order valence-electron chi connectivity index (χ4n) is 3.21. The molecule has 2 amide bonds. The van der Waals surface area contributed by atoms with Gasteiger partial charge in [-0.05, 0) is 30.7 Å². The van der Waals surface area contributed by atoms with E-state index >= 15 is 0 Å². The Balaban J connectivity index is 2.08. The van der Waals surface area contributed by atoms with Crippen LogP contribution < -0.4 is 15.4 Å². The molecule has 1 aliphatic heterocycles. The van der Waals surface area contributed by atoms with Crippen LogP contribution in [0, 0.1) is 6.92 Å². The largest absolute Gasteiger partial charge is 0.495 e. The van der Waals surface area contributed by atoms with E-state index in [1.807, 2.05) is 19.1 Å². The van der Waals surface area contributed by atoms with Crippen molar-refractivity contribution < 1.29 is 27.5 Å². The molecule has 8 nitrogen and oxygen atoms in total. The van der Waals surface area contributed by atoms with E-state index in [1.54, 1.807) is 12.1 Å². The van der Waals surface area contributed by atoms with Gasteiger partial charge in [-0.25, -0.2) is 18.0 Å². The molecule has 0 spiro atoms. The van der Waals surface area contributed by atoms with Gasteiger partial charge >= 0.3 is 12.0 Å². The van der Waals surface area contributed by atoms with Crippen LogP contribution in [0.1, 0.15) is 17.2 Å². The summed E-state index contributed by atoms with van der Waals surface area (Å²) in [5, 5.41) is 5.23. The number of urea groups is 1. The summed E-state index contributed by atoms with van der Waals surface area (Å²) in [4.78, 5) is 24.8. The highest BCUT2D eigenvalue weighted by Gasteiger charge is 2.35. The van der Waals surface area contributed by atoms with Gasteiger partial charge in [0.25, 0.3) is 0 Å². The van der Waals surface area contributed by atoms with Gasteiger partial charge in [-0.1, -0.05) is 41.4 Å². The molecule has 2 aromatic rings. The van der Waals surface area contributed by atoms with Gasteiger partial charge in [-0.3, -0.25) is 0 Å². The first-order valence-corrected chi connectivity index (χ1v) is 11.2. The van der Waals surface area contributed by atoms with Crippen molar-refractivity contribution in [1.29, 1.82) is 0 Å². The molecule has 2 aromatic carbocycles. The van der Waals surface area contributed by atoms with Crippen molar-refractivity contribution in [2.45, 2.75) is 17.9 Å². The first-order chi connectivity index (χ1) is 14.7. The third-order valence-corrected chi connectivity index (χ3v) is 6.72. The standard InChI is InChI=1S/C21H21ClN2O6S/c1-12-4-6-13(7-5-12)19-18(20(25)30-3)16(23-21(26)24-19)11-31(27,28)14-8-9-17(29-2)15(22)10-14/h4-10,19H,11H2,1-3H3,(H2,23,24,26)/t19-/m1/s1. The van der Waals surface area contributed by atoms with E-state index < -0.39 is 33.6 Å². The molecule has 10 heteroatoms. The second kappa shape index (κ2) is 8.99. The fraction of sp³-hybridized carbons (Fsp3) is 0.238. The Morgan fingerprint density at radius 1 is 1.13 bits per heavy atom. The van der Waals surface area contributed by atoms with E-state index in [1.165, 1.54) is 32.4 Å². The molecule has 0 saturated carbocycles. The summed E-state index contributed by atoms with van der Waals surface area (Å²) >= 11 is 6.06. The lowest BCUT2D eigenvalue weighted by atomic mass is 9.95. The van der Waals surface area contributed by atoms with E-state index in [9.17, 15) is 18.0 Å². The maximum atomic E-state index is 13.0. The SMILES string of the molecule is COC(=O)C1=C(CS(=O)(=O)c2ccc(OC)c(Cl)c2)NC(=O)N[C@@H]1c1ccc(C)cc1. The zero-order valence-corrected chi connectivity index (χ0v) is 18.6. The number of hydrogen-bond donors (Lipinski definition) is 2. The number of hydrogen-bond acceptors (Lipinski definition) is 6. The number of benzene rings is 2. The summed E-state index contributed by atoms with van der Waals surface area (Å²) in [7, 11) is -1.36. The van der Waals surface area contributed by atoms with Crippen LogP contribution in [0.4, 0.5) is 4.79 Å². The number of ether oxygens (including phenoxy) is 2. The van der Waals surface area contributed by atoms with Crippen LogP contribution in [0.25, 0.3) is 0 Å². The number of nitrogens with one attached hydrogen (secondary N) is 2. The van der Waals surface area contributed by atoms with Gasteiger partial charge in [0.1, 0.15) is 5.75 Å². The molecule has 0 saturated heterocycles. The summed E-state index contributed by atoms with van der Waals surface area (Å²) < 4.78 is 36.0. The van der Waals surface area contributed by atoms with Crippen molar-refractivity contribution in [2.75, 3.05) is 20.0 Å². The zero-order chi connectivity index (χ0) is 22.8. The van der Waals surface area contributed by atoms with Crippen molar-refractivity contribution in [3.63, 3.8) is 0 Å². The van der Waals surface area contributed by atoms with Crippen LogP contribution >= 0.6 is 11.6 Å². The molecule has 1 aliphatic rings. The summed E-state index contributed by atoms with van der Waals surface area (Å²) in [5.74, 6) is -1.06. The lowest BCUT2D eigenvalue weighted by molar-refractivity contribution is -0.136. The van der Waals surface area contributed by atoms with Crippen LogP contribution in [-0.2, 0) is 19.4 Å². The number of carbonyl (C=O) groups is 2. The van der Waals surface area contributed by atoms with Gasteiger partial charge in [-0.2, -0.15) is 0 Å². The van der Waals surface area contributed by atoms with E-state index in [2.05, 4.69) is 10.6 Å². The molecular weight excluding hydrogens is 444 g/mol. The highest BCUT2D eigenvalue weighted by Crippen LogP contribution is 2.31. The molecule has 0 aromatic heterocycles. The first-order valence-electron chi connectivity index (χ1n) is 9.18. The maximum Gasteiger partial charge on any atom is 0.338 e. The molecule has 0 unspecified atom stereocenters. The molecule has 3 rings (SSSR count). The molecule has 1 atom stereocenters. The second-order valence-corrected chi connectivity index (χ2v) is 9.28. The predicted molar refractivity (Wildman–Crippen MR) is 115 cm³/mol. The number of aryl methyl sites for hydroxylation is 1. The Hall–Kier alpha value is -3.04. The molecule has 0 aliphatic carbocycles. The Morgan fingerprint density at radius 2 is 1.81 bits per heavy atom. The van der Waals surface area contributed by atoms with Gasteiger partial charge in [-0.15, -0.1) is 0 Å². The number of carbonyl (C=O) groups excluding carboxylic acids is 2. The number of amides is 2. The lowest BCUT2D eigenvalue weighted by Crippen LogP contribution is -2.47.